The molecule has 1 N–H and O–H groups in total. The van der Waals surface area contributed by atoms with Crippen molar-refractivity contribution in [2.24, 2.45) is 0 Å². The molecule has 0 spiro atoms. The van der Waals surface area contributed by atoms with Gasteiger partial charge in [0.2, 0.25) is 0 Å². The third kappa shape index (κ3) is 3.45. The monoisotopic (exact) mass is 307 g/mol. The van der Waals surface area contributed by atoms with Crippen LogP contribution in [0, 0.1) is 11.3 Å². The molecule has 1 aliphatic carbocycles. The maximum Gasteiger partial charge on any atom is 0.318 e. The van der Waals surface area contributed by atoms with Gasteiger partial charge in [-0.15, -0.1) is 0 Å². The molecule has 3 rings (SSSR count). The molecule has 23 heavy (non-hydrogen) atoms. The summed E-state index contributed by atoms with van der Waals surface area (Å²) in [6, 6.07) is 14.5. The molecule has 0 bridgehead atoms. The molecule has 4 nitrogen and oxygen atoms in total. The Balaban J connectivity index is 1.71. The molecule has 0 aromatic heterocycles. The van der Waals surface area contributed by atoms with E-state index in [1.807, 2.05) is 41.3 Å². The van der Waals surface area contributed by atoms with E-state index in [1.165, 1.54) is 0 Å². The van der Waals surface area contributed by atoms with Crippen molar-refractivity contribution in [2.45, 2.75) is 45.3 Å². The minimum absolute atomic E-state index is 0.00775. The lowest BCUT2D eigenvalue weighted by atomic mass is 10.0. The average Bonchev–Trinajstić information content (AvgIpc) is 3.36. The Morgan fingerprint density at radius 1 is 1.26 bits per heavy atom. The fourth-order valence-corrected chi connectivity index (χ4v) is 2.92. The number of amides is 2. The van der Waals surface area contributed by atoms with Crippen LogP contribution in [0.4, 0.5) is 4.79 Å². The van der Waals surface area contributed by atoms with Gasteiger partial charge >= 0.3 is 6.03 Å². The predicted molar refractivity (Wildman–Crippen MR) is 90.9 cm³/mol. The molecule has 0 heterocycles. The van der Waals surface area contributed by atoms with Crippen LogP contribution < -0.4 is 5.32 Å². The van der Waals surface area contributed by atoms with Gasteiger partial charge in [-0.1, -0.05) is 18.2 Å². The Bertz CT molecular complexity index is 770. The lowest BCUT2D eigenvalue weighted by Gasteiger charge is -2.26. The predicted octanol–water partition coefficient (Wildman–Crippen LogP) is 3.79. The molecule has 2 amide bonds. The second-order valence-corrected chi connectivity index (χ2v) is 6.40. The number of nitriles is 1. The maximum absolute atomic E-state index is 12.4. The molecule has 2 aromatic carbocycles. The number of carbonyl (C=O) groups excluding carboxylic acids is 1. The number of carbonyl (C=O) groups is 1. The highest BCUT2D eigenvalue weighted by molar-refractivity contribution is 5.84. The topological polar surface area (TPSA) is 56.1 Å². The molecule has 0 atom stereocenters. The van der Waals surface area contributed by atoms with Crippen molar-refractivity contribution in [1.82, 2.24) is 10.2 Å². The summed E-state index contributed by atoms with van der Waals surface area (Å²) >= 11 is 0. The molecular formula is C19H21N3O. The Morgan fingerprint density at radius 3 is 2.65 bits per heavy atom. The number of hydrogen-bond acceptors (Lipinski definition) is 2. The number of urea groups is 1. The first kappa shape index (κ1) is 15.4. The normalized spacial score (nSPS) is 13.8. The smallest absolute Gasteiger partial charge is 0.318 e. The number of hydrogen-bond donors (Lipinski definition) is 1. The van der Waals surface area contributed by atoms with E-state index in [9.17, 15) is 4.79 Å². The van der Waals surface area contributed by atoms with Crippen LogP contribution in [-0.4, -0.2) is 23.0 Å². The van der Waals surface area contributed by atoms with Gasteiger partial charge in [0.15, 0.2) is 0 Å². The zero-order valence-electron chi connectivity index (χ0n) is 13.5. The number of benzene rings is 2. The Kier molecular flexibility index (Phi) is 4.20. The molecule has 0 aliphatic heterocycles. The van der Waals surface area contributed by atoms with Crippen LogP contribution in [0.3, 0.4) is 0 Å². The standard InChI is InChI=1S/C19H21N3O/c1-13(2)22(18-7-8-18)19(23)21-12-15-4-6-16-5-3-14(11-20)9-17(16)10-15/h3-6,9-10,13,18H,7-8,12H2,1-2H3,(H,21,23). The van der Waals surface area contributed by atoms with E-state index in [-0.39, 0.29) is 12.1 Å². The lowest BCUT2D eigenvalue weighted by Crippen LogP contribution is -2.45. The summed E-state index contributed by atoms with van der Waals surface area (Å²) in [5.74, 6) is 0. The van der Waals surface area contributed by atoms with Gasteiger partial charge < -0.3 is 10.2 Å². The fourth-order valence-electron chi connectivity index (χ4n) is 2.92. The summed E-state index contributed by atoms with van der Waals surface area (Å²) in [6.07, 6.45) is 2.22. The quantitative estimate of drug-likeness (QED) is 0.934. The molecule has 1 saturated carbocycles. The van der Waals surface area contributed by atoms with Crippen molar-refractivity contribution >= 4 is 16.8 Å². The Hall–Kier alpha value is -2.54. The summed E-state index contributed by atoms with van der Waals surface area (Å²) < 4.78 is 0. The van der Waals surface area contributed by atoms with Crippen molar-refractivity contribution in [3.8, 4) is 6.07 Å². The van der Waals surface area contributed by atoms with Gasteiger partial charge in [-0.25, -0.2) is 4.79 Å². The van der Waals surface area contributed by atoms with Crippen LogP contribution in [0.15, 0.2) is 36.4 Å². The van der Waals surface area contributed by atoms with E-state index in [0.29, 0.717) is 18.2 Å². The van der Waals surface area contributed by atoms with Gasteiger partial charge in [0, 0.05) is 18.6 Å². The van der Waals surface area contributed by atoms with Gasteiger partial charge in [0.1, 0.15) is 0 Å². The maximum atomic E-state index is 12.4. The van der Waals surface area contributed by atoms with Crippen LogP contribution in [0.5, 0.6) is 0 Å². The highest BCUT2D eigenvalue weighted by atomic mass is 16.2. The third-order valence-corrected chi connectivity index (χ3v) is 4.21. The van der Waals surface area contributed by atoms with E-state index < -0.39 is 0 Å². The molecule has 0 unspecified atom stereocenters. The average molecular weight is 307 g/mol. The number of fused-ring (bicyclic) bond motifs is 1. The molecular weight excluding hydrogens is 286 g/mol. The Morgan fingerprint density at radius 2 is 2.00 bits per heavy atom. The van der Waals surface area contributed by atoms with E-state index in [4.69, 9.17) is 5.26 Å². The van der Waals surface area contributed by atoms with Crippen LogP contribution in [0.2, 0.25) is 0 Å². The van der Waals surface area contributed by atoms with Crippen molar-refractivity contribution < 1.29 is 4.79 Å². The van der Waals surface area contributed by atoms with Gasteiger partial charge in [0.25, 0.3) is 0 Å². The summed E-state index contributed by atoms with van der Waals surface area (Å²) in [5, 5.41) is 14.1. The molecule has 0 radical (unpaired) electrons. The van der Waals surface area contributed by atoms with Crippen molar-refractivity contribution in [3.63, 3.8) is 0 Å². The van der Waals surface area contributed by atoms with Crippen molar-refractivity contribution in [2.75, 3.05) is 0 Å². The van der Waals surface area contributed by atoms with Gasteiger partial charge in [-0.05, 0) is 61.2 Å². The van der Waals surface area contributed by atoms with Crippen LogP contribution in [0.25, 0.3) is 10.8 Å². The zero-order chi connectivity index (χ0) is 16.4. The summed E-state index contributed by atoms with van der Waals surface area (Å²) in [6.45, 7) is 4.61. The molecule has 1 aliphatic rings. The van der Waals surface area contributed by atoms with E-state index in [1.54, 1.807) is 0 Å². The second-order valence-electron chi connectivity index (χ2n) is 6.40. The number of rotatable bonds is 4. The number of nitrogens with one attached hydrogen (secondary N) is 1. The first-order valence-electron chi connectivity index (χ1n) is 8.07. The Labute approximate surface area is 136 Å². The highest BCUT2D eigenvalue weighted by Gasteiger charge is 2.34. The van der Waals surface area contributed by atoms with Gasteiger partial charge in [0.05, 0.1) is 11.6 Å². The number of nitrogens with zero attached hydrogens (tertiary/aromatic N) is 2. The minimum atomic E-state index is 0.00775. The van der Waals surface area contributed by atoms with E-state index in [2.05, 4.69) is 25.2 Å². The fraction of sp³-hybridized carbons (Fsp3) is 0.368. The molecule has 118 valence electrons. The molecule has 0 saturated heterocycles. The van der Waals surface area contributed by atoms with Gasteiger partial charge in [-0.2, -0.15) is 5.26 Å². The first-order valence-corrected chi connectivity index (χ1v) is 8.07. The van der Waals surface area contributed by atoms with Crippen LogP contribution in [-0.2, 0) is 6.54 Å². The van der Waals surface area contributed by atoms with Crippen molar-refractivity contribution in [3.05, 3.63) is 47.5 Å². The van der Waals surface area contributed by atoms with Crippen LogP contribution >= 0.6 is 0 Å². The lowest BCUT2D eigenvalue weighted by molar-refractivity contribution is 0.179. The summed E-state index contributed by atoms with van der Waals surface area (Å²) in [7, 11) is 0. The van der Waals surface area contributed by atoms with Crippen molar-refractivity contribution in [1.29, 1.82) is 5.26 Å². The van der Waals surface area contributed by atoms with Crippen LogP contribution in [0.1, 0.15) is 37.8 Å². The SMILES string of the molecule is CC(C)N(C(=O)NCc1ccc2ccc(C#N)cc2c1)C1CC1. The second kappa shape index (κ2) is 6.29. The first-order chi connectivity index (χ1) is 11.1. The third-order valence-electron chi connectivity index (χ3n) is 4.21. The van der Waals surface area contributed by atoms with Gasteiger partial charge in [-0.3, -0.25) is 0 Å². The highest BCUT2D eigenvalue weighted by Crippen LogP contribution is 2.28. The molecule has 1 fully saturated rings. The van der Waals surface area contributed by atoms with E-state index in [0.717, 1.165) is 29.2 Å². The summed E-state index contributed by atoms with van der Waals surface area (Å²) in [4.78, 5) is 14.3. The minimum Gasteiger partial charge on any atom is -0.334 e. The zero-order valence-corrected chi connectivity index (χ0v) is 13.5. The molecule has 2 aromatic rings. The van der Waals surface area contributed by atoms with E-state index >= 15 is 0 Å². The summed E-state index contributed by atoms with van der Waals surface area (Å²) in [5.41, 5.74) is 1.69. The largest absolute Gasteiger partial charge is 0.334 e. The molecule has 4 heteroatoms.